The van der Waals surface area contributed by atoms with Gasteiger partial charge in [-0.25, -0.2) is 9.97 Å². The van der Waals surface area contributed by atoms with Crippen LogP contribution in [0.3, 0.4) is 0 Å². The first-order chi connectivity index (χ1) is 13.8. The van der Waals surface area contributed by atoms with Crippen LogP contribution in [0.5, 0.6) is 0 Å². The van der Waals surface area contributed by atoms with Gasteiger partial charge in [-0.1, -0.05) is 6.07 Å². The van der Waals surface area contributed by atoms with Crippen molar-refractivity contribution in [1.29, 1.82) is 0 Å². The molecule has 1 saturated carbocycles. The number of aliphatic hydroxyl groups is 2. The fourth-order valence-corrected chi connectivity index (χ4v) is 4.11. The van der Waals surface area contributed by atoms with Crippen LogP contribution in [-0.4, -0.2) is 50.3 Å². The van der Waals surface area contributed by atoms with Gasteiger partial charge in [-0.05, 0) is 48.1 Å². The van der Waals surface area contributed by atoms with E-state index in [0.29, 0.717) is 5.92 Å². The highest BCUT2D eigenvalue weighted by molar-refractivity contribution is 5.63. The molecule has 0 amide bonds. The van der Waals surface area contributed by atoms with Gasteiger partial charge in [0.1, 0.15) is 11.5 Å². The zero-order valence-electron chi connectivity index (χ0n) is 15.7. The molecule has 3 aromatic rings. The van der Waals surface area contributed by atoms with Crippen LogP contribution in [0.15, 0.2) is 36.7 Å². The highest BCUT2D eigenvalue weighted by atomic mass is 16.3. The van der Waals surface area contributed by atoms with Crippen LogP contribution in [0.4, 0.5) is 5.82 Å². The number of fused-ring (bicyclic) bond motifs is 1. The fourth-order valence-electron chi connectivity index (χ4n) is 4.11. The van der Waals surface area contributed by atoms with Crippen molar-refractivity contribution in [2.24, 2.45) is 5.92 Å². The van der Waals surface area contributed by atoms with Crippen molar-refractivity contribution < 1.29 is 10.2 Å². The summed E-state index contributed by atoms with van der Waals surface area (Å²) < 4.78 is 2.08. The van der Waals surface area contributed by atoms with Crippen LogP contribution in [-0.2, 0) is 6.61 Å². The summed E-state index contributed by atoms with van der Waals surface area (Å²) in [6.45, 7) is 1.85. The second-order valence-electron chi connectivity index (χ2n) is 7.82. The molecule has 1 aliphatic carbocycles. The molecule has 3 aromatic heterocycles. The Labute approximate surface area is 163 Å². The average molecular weight is 379 g/mol. The van der Waals surface area contributed by atoms with Crippen molar-refractivity contribution in [2.45, 2.75) is 31.4 Å². The number of pyridine rings is 2. The Kier molecular flexibility index (Phi) is 4.50. The lowest BCUT2D eigenvalue weighted by Gasteiger charge is -2.18. The summed E-state index contributed by atoms with van der Waals surface area (Å²) >= 11 is 0. The highest BCUT2D eigenvalue weighted by Gasteiger charge is 2.28. The van der Waals surface area contributed by atoms with Crippen molar-refractivity contribution in [1.82, 2.24) is 19.7 Å². The lowest BCUT2D eigenvalue weighted by atomic mass is 10.1. The van der Waals surface area contributed by atoms with Gasteiger partial charge in [0.15, 0.2) is 0 Å². The molecule has 146 valence electrons. The second-order valence-corrected chi connectivity index (χ2v) is 7.82. The van der Waals surface area contributed by atoms with Crippen LogP contribution >= 0.6 is 0 Å². The summed E-state index contributed by atoms with van der Waals surface area (Å²) in [6.07, 6.45) is 6.32. The van der Waals surface area contributed by atoms with Gasteiger partial charge in [-0.3, -0.25) is 4.40 Å². The topological polar surface area (TPSA) is 94.7 Å². The Morgan fingerprint density at radius 3 is 2.89 bits per heavy atom. The van der Waals surface area contributed by atoms with E-state index in [4.69, 9.17) is 4.98 Å². The summed E-state index contributed by atoms with van der Waals surface area (Å²) in [5, 5.41) is 26.0. The maximum Gasteiger partial charge on any atom is 0.137 e. The number of imidazole rings is 1. The number of anilines is 1. The maximum absolute atomic E-state index is 9.71. The quantitative estimate of drug-likeness (QED) is 0.521. The van der Waals surface area contributed by atoms with Gasteiger partial charge in [-0.2, -0.15) is 0 Å². The zero-order chi connectivity index (χ0) is 19.1. The van der Waals surface area contributed by atoms with E-state index in [0.717, 1.165) is 41.5 Å². The molecule has 2 fully saturated rings. The van der Waals surface area contributed by atoms with Gasteiger partial charge in [0.25, 0.3) is 0 Å². The first-order valence-corrected chi connectivity index (χ1v) is 9.93. The Balaban J connectivity index is 1.49. The SMILES string of the molecule is OCc1cc2ncc(-c3cccc(N[C@H]4CNC[C@@H]4CO)n3)n2cc1C1CC1. The Bertz CT molecular complexity index is 998. The molecule has 0 radical (unpaired) electrons. The number of nitrogens with zero attached hydrogens (tertiary/aromatic N) is 3. The number of rotatable bonds is 6. The van der Waals surface area contributed by atoms with Crippen molar-refractivity contribution in [3.05, 3.63) is 47.8 Å². The maximum atomic E-state index is 9.71. The normalized spacial score (nSPS) is 22.1. The van der Waals surface area contributed by atoms with Gasteiger partial charge in [0, 0.05) is 37.9 Å². The van der Waals surface area contributed by atoms with E-state index in [1.165, 1.54) is 18.4 Å². The molecule has 4 N–H and O–H groups in total. The molecule has 1 saturated heterocycles. The molecule has 2 aliphatic rings. The minimum absolute atomic E-state index is 0.0453. The molecule has 4 heterocycles. The van der Waals surface area contributed by atoms with Crippen LogP contribution in [0.25, 0.3) is 17.0 Å². The van der Waals surface area contributed by atoms with E-state index in [2.05, 4.69) is 26.2 Å². The van der Waals surface area contributed by atoms with Gasteiger partial charge < -0.3 is 20.8 Å². The third kappa shape index (κ3) is 3.15. The number of hydrogen-bond donors (Lipinski definition) is 4. The highest BCUT2D eigenvalue weighted by Crippen LogP contribution is 2.42. The summed E-state index contributed by atoms with van der Waals surface area (Å²) in [5.74, 6) is 1.54. The van der Waals surface area contributed by atoms with E-state index in [1.807, 2.05) is 30.5 Å². The van der Waals surface area contributed by atoms with Gasteiger partial charge >= 0.3 is 0 Å². The third-order valence-electron chi connectivity index (χ3n) is 5.87. The number of hydrogen-bond acceptors (Lipinski definition) is 6. The lowest BCUT2D eigenvalue weighted by molar-refractivity contribution is 0.231. The minimum atomic E-state index is 0.0453. The van der Waals surface area contributed by atoms with Crippen LogP contribution in [0, 0.1) is 5.92 Å². The summed E-state index contributed by atoms with van der Waals surface area (Å²) in [6, 6.07) is 8.09. The molecule has 0 bridgehead atoms. The molecule has 5 rings (SSSR count). The second kappa shape index (κ2) is 7.16. The number of aromatic nitrogens is 3. The van der Waals surface area contributed by atoms with E-state index >= 15 is 0 Å². The third-order valence-corrected chi connectivity index (χ3v) is 5.87. The van der Waals surface area contributed by atoms with E-state index in [1.54, 1.807) is 0 Å². The van der Waals surface area contributed by atoms with E-state index < -0.39 is 0 Å². The molecular formula is C21H25N5O2. The van der Waals surface area contributed by atoms with Crippen molar-refractivity contribution >= 4 is 11.5 Å². The number of aliphatic hydroxyl groups excluding tert-OH is 2. The smallest absolute Gasteiger partial charge is 0.137 e. The van der Waals surface area contributed by atoms with Crippen LogP contribution in [0.2, 0.25) is 0 Å². The standard InChI is InChI=1S/C21H25N5O2/c27-11-14-6-21-23-9-19(26(21)10-16(14)13-4-5-13)17-2-1-3-20(24-17)25-18-8-22-7-15(18)12-28/h1-3,6,9-10,13,15,18,22,27-28H,4-5,7-8,11-12H2,(H,24,25)/t15-,18+/m1/s1. The first kappa shape index (κ1) is 17.6. The zero-order valence-corrected chi connectivity index (χ0v) is 15.7. The van der Waals surface area contributed by atoms with Gasteiger partial charge in [-0.15, -0.1) is 0 Å². The molecule has 0 aromatic carbocycles. The van der Waals surface area contributed by atoms with Crippen molar-refractivity contribution in [2.75, 3.05) is 25.0 Å². The Hall–Kier alpha value is -2.48. The summed E-state index contributed by atoms with van der Waals surface area (Å²) in [5.41, 5.74) is 4.80. The fraction of sp³-hybridized carbons (Fsp3) is 0.429. The minimum Gasteiger partial charge on any atom is -0.396 e. The summed E-state index contributed by atoms with van der Waals surface area (Å²) in [4.78, 5) is 9.33. The largest absolute Gasteiger partial charge is 0.396 e. The molecule has 1 aliphatic heterocycles. The molecule has 7 heteroatoms. The van der Waals surface area contributed by atoms with E-state index in [-0.39, 0.29) is 25.2 Å². The molecule has 0 spiro atoms. The number of nitrogens with one attached hydrogen (secondary N) is 2. The van der Waals surface area contributed by atoms with Crippen LogP contribution < -0.4 is 10.6 Å². The summed E-state index contributed by atoms with van der Waals surface area (Å²) in [7, 11) is 0. The van der Waals surface area contributed by atoms with Crippen molar-refractivity contribution in [3.63, 3.8) is 0 Å². The van der Waals surface area contributed by atoms with Gasteiger partial charge in [0.05, 0.1) is 24.2 Å². The predicted octanol–water partition coefficient (Wildman–Crippen LogP) is 1.76. The molecular weight excluding hydrogens is 354 g/mol. The van der Waals surface area contributed by atoms with E-state index in [9.17, 15) is 10.2 Å². The van der Waals surface area contributed by atoms with Crippen molar-refractivity contribution in [3.8, 4) is 11.4 Å². The lowest BCUT2D eigenvalue weighted by Crippen LogP contribution is -2.30. The van der Waals surface area contributed by atoms with Gasteiger partial charge in [0.2, 0.25) is 0 Å². The molecule has 28 heavy (non-hydrogen) atoms. The predicted molar refractivity (Wildman–Crippen MR) is 107 cm³/mol. The first-order valence-electron chi connectivity index (χ1n) is 9.93. The molecule has 0 unspecified atom stereocenters. The monoisotopic (exact) mass is 379 g/mol. The Morgan fingerprint density at radius 2 is 2.11 bits per heavy atom. The Morgan fingerprint density at radius 1 is 1.21 bits per heavy atom. The average Bonchev–Trinajstić information content (AvgIpc) is 3.34. The molecule has 7 nitrogen and oxygen atoms in total. The van der Waals surface area contributed by atoms with Crippen LogP contribution in [0.1, 0.15) is 29.9 Å². The molecule has 2 atom stereocenters.